The van der Waals surface area contributed by atoms with Gasteiger partial charge in [-0.05, 0) is 24.5 Å². The number of nitrogens with one attached hydrogen (secondary N) is 1. The van der Waals surface area contributed by atoms with Gasteiger partial charge in [-0.1, -0.05) is 36.4 Å². The second-order valence-corrected chi connectivity index (χ2v) is 9.49. The fourth-order valence-corrected chi connectivity index (χ4v) is 4.78. The smallest absolute Gasteiger partial charge is 0.323 e. The molecule has 1 fully saturated rings. The number of carboxylic acid groups (broad SMARTS) is 1. The minimum absolute atomic E-state index is 0.000402. The molecule has 0 spiro atoms. The fraction of sp³-hybridized carbons (Fsp3) is 0.407. The molecule has 214 valence electrons. The number of benzene rings is 1. The zero-order chi connectivity index (χ0) is 29.6. The molecule has 2 amide bonds. The average Bonchev–Trinajstić information content (AvgIpc) is 2.94. The number of carboxylic acids is 1. The van der Waals surface area contributed by atoms with E-state index in [-0.39, 0.29) is 42.4 Å². The number of carbonyl (C=O) groups excluding carboxylic acids is 4. The number of rotatable bonds is 11. The van der Waals surface area contributed by atoms with E-state index in [1.165, 1.54) is 12.0 Å². The van der Waals surface area contributed by atoms with E-state index in [1.807, 2.05) is 0 Å². The lowest BCUT2D eigenvalue weighted by Gasteiger charge is -2.40. The number of nitrogens with zero attached hydrogens (tertiary/aromatic N) is 2. The number of aliphatic carboxylic acids is 1. The Balaban J connectivity index is 1.74. The van der Waals surface area contributed by atoms with Gasteiger partial charge in [-0.2, -0.15) is 0 Å². The van der Waals surface area contributed by atoms with E-state index in [1.54, 1.807) is 48.6 Å². The Hall–Kier alpha value is -4.36. The molecule has 1 saturated heterocycles. The number of ketones is 1. The normalized spacial score (nSPS) is 23.0. The molecule has 0 saturated carbocycles. The van der Waals surface area contributed by atoms with E-state index >= 15 is 0 Å². The molecular formula is C27H33N5O8. The van der Waals surface area contributed by atoms with Crippen LogP contribution < -0.4 is 11.5 Å². The monoisotopic (exact) mass is 555 g/mol. The van der Waals surface area contributed by atoms with Crippen molar-refractivity contribution in [1.82, 2.24) is 9.80 Å². The first-order chi connectivity index (χ1) is 18.9. The predicted octanol–water partition coefficient (Wildman–Crippen LogP) is -0.315. The van der Waals surface area contributed by atoms with Crippen molar-refractivity contribution in [2.24, 2.45) is 17.4 Å². The zero-order valence-electron chi connectivity index (χ0n) is 22.2. The molecule has 3 rings (SSSR count). The third-order valence-electron chi connectivity index (χ3n) is 6.96. The molecule has 0 bridgehead atoms. The second kappa shape index (κ2) is 12.7. The highest BCUT2D eigenvalue weighted by Gasteiger charge is 2.42. The van der Waals surface area contributed by atoms with Crippen LogP contribution in [-0.4, -0.2) is 102 Å². The second-order valence-electron chi connectivity index (χ2n) is 9.49. The van der Waals surface area contributed by atoms with Gasteiger partial charge in [-0.15, -0.1) is 0 Å². The van der Waals surface area contributed by atoms with Crippen molar-refractivity contribution in [3.8, 4) is 0 Å². The number of allylic oxidation sites excluding steroid dienone is 2. The van der Waals surface area contributed by atoms with Crippen LogP contribution in [0.15, 0.2) is 48.6 Å². The third-order valence-corrected chi connectivity index (χ3v) is 6.96. The zero-order valence-corrected chi connectivity index (χ0v) is 22.2. The Morgan fingerprint density at radius 2 is 1.75 bits per heavy atom. The summed E-state index contributed by atoms with van der Waals surface area (Å²) >= 11 is 0. The number of amidine groups is 1. The molecule has 0 aromatic heterocycles. The highest BCUT2D eigenvalue weighted by molar-refractivity contribution is 6.13. The number of methoxy groups -OCH3 is 2. The van der Waals surface area contributed by atoms with Crippen LogP contribution in [0.2, 0.25) is 0 Å². The van der Waals surface area contributed by atoms with E-state index in [2.05, 4.69) is 4.74 Å². The number of nitrogen functional groups attached to an aromatic ring is 1. The third kappa shape index (κ3) is 6.43. The Kier molecular flexibility index (Phi) is 9.56. The SMILES string of the molecule is COC(=O)C[C@H]1C(=O)N(CC(=O)O)CCN1C(=O)[C@@H](N)CC1C=CC(OC)(C(=O)c2ccccc2C(=N)N)C=C1. The standard InChI is InChI=1S/C27H33N5O8/c1-39-22(35)14-20-26(38)31(15-21(33)34)11-12-32(20)25(37)19(28)13-16-7-9-27(40-2,10-8-16)23(36)17-5-3-4-6-18(17)24(29)30/h3-10,16,19-20H,11-15,28H2,1-2H3,(H3,29,30)(H,33,34)/t16?,19-,20-,27?/m0/s1. The van der Waals surface area contributed by atoms with E-state index < -0.39 is 60.2 Å². The number of hydrogen-bond donors (Lipinski definition) is 4. The van der Waals surface area contributed by atoms with E-state index in [9.17, 15) is 24.0 Å². The Bertz CT molecular complexity index is 1250. The molecule has 1 aromatic carbocycles. The van der Waals surface area contributed by atoms with Gasteiger partial charge in [0, 0.05) is 31.3 Å². The van der Waals surface area contributed by atoms with Gasteiger partial charge in [0.1, 0.15) is 18.4 Å². The first-order valence-corrected chi connectivity index (χ1v) is 12.5. The summed E-state index contributed by atoms with van der Waals surface area (Å²) in [5, 5.41) is 16.9. The Labute approximate surface area is 230 Å². The Morgan fingerprint density at radius 1 is 1.12 bits per heavy atom. The van der Waals surface area contributed by atoms with Crippen molar-refractivity contribution in [2.45, 2.75) is 30.5 Å². The lowest BCUT2D eigenvalue weighted by molar-refractivity contribution is -0.159. The molecule has 0 radical (unpaired) electrons. The van der Waals surface area contributed by atoms with E-state index in [0.29, 0.717) is 0 Å². The van der Waals surface area contributed by atoms with Gasteiger partial charge in [-0.3, -0.25) is 29.4 Å². The number of ether oxygens (including phenoxy) is 2. The molecule has 1 aliphatic heterocycles. The van der Waals surface area contributed by atoms with Crippen LogP contribution in [0.5, 0.6) is 0 Å². The minimum atomic E-state index is -1.45. The molecular weight excluding hydrogens is 522 g/mol. The summed E-state index contributed by atoms with van der Waals surface area (Å²) in [5.74, 6) is -4.23. The van der Waals surface area contributed by atoms with Crippen LogP contribution in [0.25, 0.3) is 0 Å². The number of hydrogen-bond acceptors (Lipinski definition) is 9. The topological polar surface area (TPSA) is 206 Å². The summed E-state index contributed by atoms with van der Waals surface area (Å²) in [5.41, 5.74) is 10.9. The molecule has 1 aliphatic carbocycles. The van der Waals surface area contributed by atoms with Crippen molar-refractivity contribution >= 4 is 35.4 Å². The van der Waals surface area contributed by atoms with Crippen molar-refractivity contribution < 1.29 is 38.6 Å². The molecule has 1 heterocycles. The number of carbonyl (C=O) groups is 5. The van der Waals surface area contributed by atoms with Crippen molar-refractivity contribution in [3.05, 3.63) is 59.7 Å². The highest BCUT2D eigenvalue weighted by atomic mass is 16.5. The molecule has 13 heteroatoms. The molecule has 13 nitrogen and oxygen atoms in total. The maximum Gasteiger partial charge on any atom is 0.323 e. The minimum Gasteiger partial charge on any atom is -0.480 e. The number of esters is 1. The van der Waals surface area contributed by atoms with Gasteiger partial charge in [0.2, 0.25) is 17.6 Å². The van der Waals surface area contributed by atoms with Gasteiger partial charge in [-0.25, -0.2) is 0 Å². The highest BCUT2D eigenvalue weighted by Crippen LogP contribution is 2.29. The molecule has 1 aromatic rings. The van der Waals surface area contributed by atoms with E-state index in [0.717, 1.165) is 12.0 Å². The van der Waals surface area contributed by atoms with Gasteiger partial charge in [0.05, 0.1) is 19.6 Å². The predicted molar refractivity (Wildman–Crippen MR) is 142 cm³/mol. The van der Waals surface area contributed by atoms with E-state index in [4.69, 9.17) is 26.7 Å². The first kappa shape index (κ1) is 30.2. The van der Waals surface area contributed by atoms with Gasteiger partial charge >= 0.3 is 11.9 Å². The number of piperazine rings is 1. The number of Topliss-reactive ketones (excluding diaryl/α,β-unsaturated/α-hetero) is 1. The van der Waals surface area contributed by atoms with Crippen LogP contribution in [-0.2, 0) is 28.7 Å². The average molecular weight is 556 g/mol. The summed E-state index contributed by atoms with van der Waals surface area (Å²) in [6.45, 7) is -0.579. The molecule has 40 heavy (non-hydrogen) atoms. The Morgan fingerprint density at radius 3 is 2.30 bits per heavy atom. The van der Waals surface area contributed by atoms with Crippen LogP contribution in [0, 0.1) is 11.3 Å². The van der Waals surface area contributed by atoms with Crippen LogP contribution in [0.3, 0.4) is 0 Å². The van der Waals surface area contributed by atoms with Crippen molar-refractivity contribution in [2.75, 3.05) is 33.9 Å². The summed E-state index contributed by atoms with van der Waals surface area (Å²) < 4.78 is 10.2. The largest absolute Gasteiger partial charge is 0.480 e. The van der Waals surface area contributed by atoms with Crippen LogP contribution in [0.1, 0.15) is 28.8 Å². The van der Waals surface area contributed by atoms with Crippen molar-refractivity contribution in [3.63, 3.8) is 0 Å². The quantitative estimate of drug-likeness (QED) is 0.0920. The lowest BCUT2D eigenvalue weighted by Crippen LogP contribution is -2.62. The van der Waals surface area contributed by atoms with Crippen LogP contribution in [0.4, 0.5) is 0 Å². The van der Waals surface area contributed by atoms with Gasteiger partial charge in [0.15, 0.2) is 5.60 Å². The molecule has 0 unspecified atom stereocenters. The summed E-state index contributed by atoms with van der Waals surface area (Å²) in [4.78, 5) is 65.0. The van der Waals surface area contributed by atoms with Gasteiger partial charge in [0.25, 0.3) is 0 Å². The number of amides is 2. The summed E-state index contributed by atoms with van der Waals surface area (Å²) in [6, 6.07) is 4.15. The molecule has 2 atom stereocenters. The van der Waals surface area contributed by atoms with Crippen LogP contribution >= 0.6 is 0 Å². The summed E-state index contributed by atoms with van der Waals surface area (Å²) in [7, 11) is 2.52. The fourth-order valence-electron chi connectivity index (χ4n) is 4.78. The maximum atomic E-state index is 13.4. The molecule has 2 aliphatic rings. The van der Waals surface area contributed by atoms with Crippen molar-refractivity contribution in [1.29, 1.82) is 5.41 Å². The first-order valence-electron chi connectivity index (χ1n) is 12.5. The van der Waals surface area contributed by atoms with Gasteiger partial charge < -0.3 is 35.8 Å². The maximum absolute atomic E-state index is 13.4. The molecule has 6 N–H and O–H groups in total. The number of nitrogens with two attached hydrogens (primary N) is 2. The summed E-state index contributed by atoms with van der Waals surface area (Å²) in [6.07, 6.45) is 6.18. The lowest BCUT2D eigenvalue weighted by atomic mass is 9.83.